The number of carbonyl (C=O) groups is 1. The van der Waals surface area contributed by atoms with Gasteiger partial charge < -0.3 is 9.15 Å². The molecule has 0 aliphatic carbocycles. The van der Waals surface area contributed by atoms with E-state index in [1.165, 1.54) is 30.3 Å². The quantitative estimate of drug-likeness (QED) is 0.287. The highest BCUT2D eigenvalue weighted by atomic mass is 79.9. The molecule has 4 nitrogen and oxygen atoms in total. The molecule has 144 valence electrons. The van der Waals surface area contributed by atoms with E-state index in [9.17, 15) is 14.0 Å². The van der Waals surface area contributed by atoms with Crippen LogP contribution in [0.3, 0.4) is 0 Å². The van der Waals surface area contributed by atoms with Crippen LogP contribution in [-0.4, -0.2) is 5.97 Å². The van der Waals surface area contributed by atoms with Crippen molar-refractivity contribution in [1.82, 2.24) is 0 Å². The molecule has 0 spiro atoms. The molecule has 0 aliphatic rings. The molecule has 6 heteroatoms. The summed E-state index contributed by atoms with van der Waals surface area (Å²) in [6.45, 7) is 1.71. The number of ether oxygens (including phenoxy) is 1. The molecule has 0 atom stereocenters. The molecule has 0 saturated heterocycles. The third-order valence-electron chi connectivity index (χ3n) is 4.44. The predicted octanol–water partition coefficient (Wildman–Crippen LogP) is 5.89. The Balaban J connectivity index is 1.72. The minimum Gasteiger partial charge on any atom is -0.460 e. The van der Waals surface area contributed by atoms with E-state index < -0.39 is 11.8 Å². The van der Waals surface area contributed by atoms with Crippen LogP contribution in [0.1, 0.15) is 16.1 Å². The molecule has 4 aromatic rings. The number of benzene rings is 3. The number of rotatable bonds is 3. The van der Waals surface area contributed by atoms with Crippen molar-refractivity contribution in [3.8, 4) is 16.9 Å². The first kappa shape index (κ1) is 19.1. The maximum atomic E-state index is 13.3. The molecule has 0 N–H and O–H groups in total. The Bertz CT molecular complexity index is 1290. The van der Waals surface area contributed by atoms with Gasteiger partial charge >= 0.3 is 5.97 Å². The van der Waals surface area contributed by atoms with Gasteiger partial charge in [-0.2, -0.15) is 0 Å². The summed E-state index contributed by atoms with van der Waals surface area (Å²) in [5.74, 6) is -0.571. The van der Waals surface area contributed by atoms with Crippen molar-refractivity contribution in [2.24, 2.45) is 0 Å². The highest BCUT2D eigenvalue weighted by Gasteiger charge is 2.15. The lowest BCUT2D eigenvalue weighted by molar-refractivity contribution is 0.0734. The van der Waals surface area contributed by atoms with Gasteiger partial charge in [-0.1, -0.05) is 34.1 Å². The Morgan fingerprint density at radius 2 is 1.79 bits per heavy atom. The average molecular weight is 453 g/mol. The standard InChI is InChI=1S/C23H14BrFO4/c1-13-21(14-5-7-16(24)8-6-14)22(26)19-10-9-18(12-20(19)28-13)29-23(27)15-3-2-4-17(25)11-15/h2-12H,1H3. The lowest BCUT2D eigenvalue weighted by Crippen LogP contribution is -2.10. The smallest absolute Gasteiger partial charge is 0.343 e. The van der Waals surface area contributed by atoms with E-state index in [0.717, 1.165) is 16.1 Å². The lowest BCUT2D eigenvalue weighted by Gasteiger charge is -2.09. The molecule has 0 amide bonds. The highest BCUT2D eigenvalue weighted by molar-refractivity contribution is 9.10. The first-order valence-corrected chi connectivity index (χ1v) is 9.53. The SMILES string of the molecule is Cc1oc2cc(OC(=O)c3cccc(F)c3)ccc2c(=O)c1-c1ccc(Br)cc1. The second-order valence-electron chi connectivity index (χ2n) is 6.43. The third-order valence-corrected chi connectivity index (χ3v) is 4.97. The zero-order chi connectivity index (χ0) is 20.5. The molecular formula is C23H14BrFO4. The normalized spacial score (nSPS) is 10.9. The van der Waals surface area contributed by atoms with E-state index in [2.05, 4.69) is 15.9 Å². The zero-order valence-corrected chi connectivity index (χ0v) is 16.8. The Morgan fingerprint density at radius 3 is 2.52 bits per heavy atom. The van der Waals surface area contributed by atoms with Crippen LogP contribution in [0.5, 0.6) is 5.75 Å². The largest absolute Gasteiger partial charge is 0.460 e. The van der Waals surface area contributed by atoms with Crippen molar-refractivity contribution in [2.45, 2.75) is 6.92 Å². The molecule has 0 bridgehead atoms. The van der Waals surface area contributed by atoms with E-state index in [-0.39, 0.29) is 16.7 Å². The third kappa shape index (κ3) is 3.84. The molecule has 1 heterocycles. The maximum Gasteiger partial charge on any atom is 0.343 e. The van der Waals surface area contributed by atoms with Gasteiger partial charge in [0.05, 0.1) is 16.5 Å². The van der Waals surface area contributed by atoms with Gasteiger partial charge in [0.15, 0.2) is 0 Å². The van der Waals surface area contributed by atoms with Crippen LogP contribution >= 0.6 is 15.9 Å². The Labute approximate surface area is 173 Å². The number of hydrogen-bond donors (Lipinski definition) is 0. The Morgan fingerprint density at radius 1 is 1.03 bits per heavy atom. The number of esters is 1. The Hall–Kier alpha value is -3.25. The molecule has 0 fully saturated rings. The second-order valence-corrected chi connectivity index (χ2v) is 7.34. The molecule has 4 rings (SSSR count). The minimum absolute atomic E-state index is 0.0910. The predicted molar refractivity (Wildman–Crippen MR) is 112 cm³/mol. The van der Waals surface area contributed by atoms with E-state index in [4.69, 9.17) is 9.15 Å². The van der Waals surface area contributed by atoms with Gasteiger partial charge in [0.25, 0.3) is 0 Å². The van der Waals surface area contributed by atoms with Crippen molar-refractivity contribution >= 4 is 32.9 Å². The molecule has 0 unspecified atom stereocenters. The van der Waals surface area contributed by atoms with E-state index in [0.29, 0.717) is 22.3 Å². The molecule has 1 aromatic heterocycles. The van der Waals surface area contributed by atoms with E-state index in [1.54, 1.807) is 13.0 Å². The summed E-state index contributed by atoms with van der Waals surface area (Å²) < 4.78 is 25.4. The summed E-state index contributed by atoms with van der Waals surface area (Å²) >= 11 is 3.38. The van der Waals surface area contributed by atoms with Crippen LogP contribution < -0.4 is 10.2 Å². The van der Waals surface area contributed by atoms with Crippen molar-refractivity contribution < 1.29 is 18.3 Å². The number of aryl methyl sites for hydroxylation is 1. The van der Waals surface area contributed by atoms with Crippen LogP contribution in [0.4, 0.5) is 4.39 Å². The summed E-state index contributed by atoms with van der Waals surface area (Å²) in [5.41, 5.74) is 1.46. The van der Waals surface area contributed by atoms with Crippen LogP contribution in [-0.2, 0) is 0 Å². The number of halogens is 2. The number of carbonyl (C=O) groups excluding carboxylic acids is 1. The summed E-state index contributed by atoms with van der Waals surface area (Å²) in [5, 5.41) is 0.374. The van der Waals surface area contributed by atoms with Gasteiger partial charge in [-0.05, 0) is 55.0 Å². The monoisotopic (exact) mass is 452 g/mol. The van der Waals surface area contributed by atoms with Gasteiger partial charge in [-0.25, -0.2) is 9.18 Å². The second kappa shape index (κ2) is 7.64. The first-order chi connectivity index (χ1) is 13.9. The minimum atomic E-state index is -0.700. The topological polar surface area (TPSA) is 56.5 Å². The molecule has 0 radical (unpaired) electrons. The average Bonchev–Trinajstić information content (AvgIpc) is 2.69. The molecule has 3 aromatic carbocycles. The van der Waals surface area contributed by atoms with Gasteiger partial charge in [-0.3, -0.25) is 4.79 Å². The van der Waals surface area contributed by atoms with Crippen LogP contribution in [0.15, 0.2) is 80.4 Å². The molecular weight excluding hydrogens is 439 g/mol. The van der Waals surface area contributed by atoms with Crippen molar-refractivity contribution in [2.75, 3.05) is 0 Å². The van der Waals surface area contributed by atoms with Gasteiger partial charge in [-0.15, -0.1) is 0 Å². The summed E-state index contributed by atoms with van der Waals surface area (Å²) in [6, 6.07) is 17.2. The van der Waals surface area contributed by atoms with Crippen molar-refractivity contribution in [3.05, 3.63) is 98.6 Å². The number of hydrogen-bond acceptors (Lipinski definition) is 4. The first-order valence-electron chi connectivity index (χ1n) is 8.73. The Kier molecular flexibility index (Phi) is 5.03. The van der Waals surface area contributed by atoms with E-state index >= 15 is 0 Å². The van der Waals surface area contributed by atoms with Crippen molar-refractivity contribution in [1.29, 1.82) is 0 Å². The van der Waals surface area contributed by atoms with Crippen LogP contribution in [0.25, 0.3) is 22.1 Å². The van der Waals surface area contributed by atoms with Crippen LogP contribution in [0.2, 0.25) is 0 Å². The van der Waals surface area contributed by atoms with Crippen molar-refractivity contribution in [3.63, 3.8) is 0 Å². The summed E-state index contributed by atoms with van der Waals surface area (Å²) in [4.78, 5) is 25.2. The lowest BCUT2D eigenvalue weighted by atomic mass is 10.0. The van der Waals surface area contributed by atoms with Gasteiger partial charge in [0, 0.05) is 10.5 Å². The molecule has 0 saturated carbocycles. The van der Waals surface area contributed by atoms with Gasteiger partial charge in [0.2, 0.25) is 5.43 Å². The maximum absolute atomic E-state index is 13.3. The highest BCUT2D eigenvalue weighted by Crippen LogP contribution is 2.27. The fourth-order valence-electron chi connectivity index (χ4n) is 3.08. The van der Waals surface area contributed by atoms with E-state index in [1.807, 2.05) is 24.3 Å². The van der Waals surface area contributed by atoms with Gasteiger partial charge in [0.1, 0.15) is 22.9 Å². The fourth-order valence-corrected chi connectivity index (χ4v) is 3.35. The summed E-state index contributed by atoms with van der Waals surface area (Å²) in [7, 11) is 0. The summed E-state index contributed by atoms with van der Waals surface area (Å²) in [6.07, 6.45) is 0. The molecule has 29 heavy (non-hydrogen) atoms. The van der Waals surface area contributed by atoms with Crippen LogP contribution in [0, 0.1) is 12.7 Å². The molecule has 0 aliphatic heterocycles. The number of fused-ring (bicyclic) bond motifs is 1. The fraction of sp³-hybridized carbons (Fsp3) is 0.0435. The zero-order valence-electron chi connectivity index (χ0n) is 15.2.